The van der Waals surface area contributed by atoms with Crippen molar-refractivity contribution in [3.8, 4) is 0 Å². The number of ether oxygens (including phenoxy) is 2. The second-order valence-corrected chi connectivity index (χ2v) is 6.08. The van der Waals surface area contributed by atoms with Gasteiger partial charge in [0.25, 0.3) is 0 Å². The summed E-state index contributed by atoms with van der Waals surface area (Å²) in [6.45, 7) is 1.71. The Hall–Kier alpha value is -0.360. The number of methoxy groups -OCH3 is 1. The average Bonchev–Trinajstić information content (AvgIpc) is 3.04. The van der Waals surface area contributed by atoms with Gasteiger partial charge in [-0.15, -0.1) is 0 Å². The highest BCUT2D eigenvalue weighted by molar-refractivity contribution is 4.74. The van der Waals surface area contributed by atoms with E-state index >= 15 is 0 Å². The maximum absolute atomic E-state index is 13.1. The van der Waals surface area contributed by atoms with Gasteiger partial charge in [0.05, 0.1) is 18.4 Å². The first-order valence-electron chi connectivity index (χ1n) is 8.28. The van der Waals surface area contributed by atoms with E-state index in [0.29, 0.717) is 25.7 Å². The fraction of sp³-hybridized carbons (Fsp3) is 1.00. The van der Waals surface area contributed by atoms with E-state index < -0.39 is 24.1 Å². The molecular weight excluding hydrogens is 300 g/mol. The van der Waals surface area contributed by atoms with E-state index in [2.05, 4.69) is 9.47 Å². The molecule has 22 heavy (non-hydrogen) atoms. The Morgan fingerprint density at radius 2 is 1.18 bits per heavy atom. The van der Waals surface area contributed by atoms with Gasteiger partial charge in [-0.3, -0.25) is 0 Å². The Morgan fingerprint density at radius 3 is 1.59 bits per heavy atom. The van der Waals surface area contributed by atoms with E-state index in [-0.39, 0.29) is 6.61 Å². The zero-order chi connectivity index (χ0) is 16.6. The SMILES string of the molecule is CCOC(F)(F)C1CCCCC1.COC(F)(F)C1CCCC1. The molecule has 0 amide bonds. The van der Waals surface area contributed by atoms with Gasteiger partial charge >= 0.3 is 12.2 Å². The summed E-state index contributed by atoms with van der Waals surface area (Å²) in [5.41, 5.74) is 0. The second-order valence-electron chi connectivity index (χ2n) is 6.08. The number of rotatable bonds is 5. The highest BCUT2D eigenvalue weighted by atomic mass is 19.3. The number of hydrogen-bond acceptors (Lipinski definition) is 2. The van der Waals surface area contributed by atoms with Gasteiger partial charge in [-0.2, -0.15) is 17.6 Å². The molecule has 2 fully saturated rings. The van der Waals surface area contributed by atoms with Crippen LogP contribution in [0.3, 0.4) is 0 Å². The van der Waals surface area contributed by atoms with Crippen molar-refractivity contribution in [2.75, 3.05) is 13.7 Å². The highest BCUT2D eigenvalue weighted by Crippen LogP contribution is 2.38. The molecule has 0 aromatic heterocycles. The van der Waals surface area contributed by atoms with E-state index in [0.717, 1.165) is 39.2 Å². The molecule has 0 heterocycles. The monoisotopic (exact) mass is 328 g/mol. The predicted octanol–water partition coefficient (Wildman–Crippen LogP) is 5.61. The van der Waals surface area contributed by atoms with Crippen LogP contribution < -0.4 is 0 Å². The van der Waals surface area contributed by atoms with Crippen molar-refractivity contribution in [1.29, 1.82) is 0 Å². The van der Waals surface area contributed by atoms with Gasteiger partial charge in [0, 0.05) is 7.11 Å². The third kappa shape index (κ3) is 6.03. The van der Waals surface area contributed by atoms with Crippen molar-refractivity contribution in [1.82, 2.24) is 0 Å². The molecule has 0 aromatic rings. The molecule has 2 nitrogen and oxygen atoms in total. The molecule has 0 saturated heterocycles. The minimum atomic E-state index is -2.88. The summed E-state index contributed by atoms with van der Waals surface area (Å²) in [6.07, 6.45) is 1.49. The summed E-state index contributed by atoms with van der Waals surface area (Å²) in [5.74, 6) is -1.07. The maximum Gasteiger partial charge on any atom is 0.358 e. The van der Waals surface area contributed by atoms with Gasteiger partial charge in [-0.1, -0.05) is 32.1 Å². The van der Waals surface area contributed by atoms with Crippen LogP contribution >= 0.6 is 0 Å². The summed E-state index contributed by atoms with van der Waals surface area (Å²) >= 11 is 0. The van der Waals surface area contributed by atoms with Crippen molar-refractivity contribution in [3.63, 3.8) is 0 Å². The number of alkyl halides is 4. The molecule has 0 atom stereocenters. The minimum absolute atomic E-state index is 0.101. The fourth-order valence-electron chi connectivity index (χ4n) is 3.18. The quantitative estimate of drug-likeness (QED) is 0.611. The van der Waals surface area contributed by atoms with E-state index in [1.807, 2.05) is 0 Å². The minimum Gasteiger partial charge on any atom is -0.324 e. The van der Waals surface area contributed by atoms with Crippen LogP contribution in [0.25, 0.3) is 0 Å². The summed E-state index contributed by atoms with van der Waals surface area (Å²) in [7, 11) is 1.07. The lowest BCUT2D eigenvalue weighted by molar-refractivity contribution is -0.273. The van der Waals surface area contributed by atoms with Gasteiger partial charge < -0.3 is 9.47 Å². The maximum atomic E-state index is 13.1. The van der Waals surface area contributed by atoms with Crippen molar-refractivity contribution in [3.05, 3.63) is 0 Å². The third-order valence-electron chi connectivity index (χ3n) is 4.52. The first-order chi connectivity index (χ1) is 10.3. The molecular formula is C16H28F4O2. The average molecular weight is 328 g/mol. The van der Waals surface area contributed by atoms with Crippen LogP contribution in [0.4, 0.5) is 17.6 Å². The van der Waals surface area contributed by atoms with E-state index in [1.165, 1.54) is 0 Å². The lowest BCUT2D eigenvalue weighted by Gasteiger charge is -2.28. The van der Waals surface area contributed by atoms with Crippen molar-refractivity contribution >= 4 is 0 Å². The van der Waals surface area contributed by atoms with Crippen LogP contribution in [0.1, 0.15) is 64.7 Å². The standard InChI is InChI=1S/C9H16F2O.C7H12F2O/c1-2-12-9(10,11)8-6-4-3-5-7-8;1-10-7(8,9)6-4-2-3-5-6/h8H,2-7H2,1H3;6H,2-5H2,1H3. The van der Waals surface area contributed by atoms with Crippen LogP contribution in [0.15, 0.2) is 0 Å². The topological polar surface area (TPSA) is 18.5 Å². The molecule has 0 spiro atoms. The summed E-state index contributed by atoms with van der Waals surface area (Å²) in [5, 5.41) is 0. The molecule has 0 unspecified atom stereocenters. The largest absolute Gasteiger partial charge is 0.358 e. The fourth-order valence-corrected chi connectivity index (χ4v) is 3.18. The van der Waals surface area contributed by atoms with Crippen LogP contribution in [0.5, 0.6) is 0 Å². The molecule has 0 aliphatic heterocycles. The van der Waals surface area contributed by atoms with Gasteiger partial charge in [-0.05, 0) is 32.6 Å². The molecule has 0 radical (unpaired) electrons. The van der Waals surface area contributed by atoms with Crippen molar-refractivity contribution < 1.29 is 27.0 Å². The first kappa shape index (κ1) is 19.7. The summed E-state index contributed by atoms with van der Waals surface area (Å²) < 4.78 is 60.0. The second kappa shape index (κ2) is 9.06. The van der Waals surface area contributed by atoms with E-state index in [4.69, 9.17) is 0 Å². The Bertz CT molecular complexity index is 299. The molecule has 2 aliphatic rings. The Morgan fingerprint density at radius 1 is 0.773 bits per heavy atom. The molecule has 2 saturated carbocycles. The van der Waals surface area contributed by atoms with Crippen LogP contribution in [0.2, 0.25) is 0 Å². The van der Waals surface area contributed by atoms with E-state index in [9.17, 15) is 17.6 Å². The molecule has 0 N–H and O–H groups in total. The molecule has 132 valence electrons. The Kier molecular flexibility index (Phi) is 8.11. The predicted molar refractivity (Wildman–Crippen MR) is 77.1 cm³/mol. The van der Waals surface area contributed by atoms with E-state index in [1.54, 1.807) is 6.92 Å². The Labute approximate surface area is 130 Å². The first-order valence-corrected chi connectivity index (χ1v) is 8.28. The lowest BCUT2D eigenvalue weighted by atomic mass is 9.88. The zero-order valence-electron chi connectivity index (χ0n) is 13.6. The third-order valence-corrected chi connectivity index (χ3v) is 4.52. The number of halogens is 4. The van der Waals surface area contributed by atoms with Gasteiger partial charge in [0.2, 0.25) is 0 Å². The highest BCUT2D eigenvalue weighted by Gasteiger charge is 2.41. The van der Waals surface area contributed by atoms with Crippen LogP contribution in [0, 0.1) is 11.8 Å². The van der Waals surface area contributed by atoms with Gasteiger partial charge in [-0.25, -0.2) is 0 Å². The Balaban J connectivity index is 0.000000224. The normalized spacial score (nSPS) is 21.5. The molecule has 0 aromatic carbocycles. The number of hydrogen-bond donors (Lipinski definition) is 0. The molecule has 2 rings (SSSR count). The summed E-state index contributed by atoms with van der Waals surface area (Å²) in [4.78, 5) is 0. The van der Waals surface area contributed by atoms with Crippen molar-refractivity contribution in [2.24, 2.45) is 11.8 Å². The van der Waals surface area contributed by atoms with Crippen molar-refractivity contribution in [2.45, 2.75) is 76.9 Å². The molecule has 0 bridgehead atoms. The molecule has 6 heteroatoms. The molecule has 2 aliphatic carbocycles. The van der Waals surface area contributed by atoms with Crippen LogP contribution in [-0.2, 0) is 9.47 Å². The van der Waals surface area contributed by atoms with Gasteiger partial charge in [0.1, 0.15) is 0 Å². The zero-order valence-corrected chi connectivity index (χ0v) is 13.6. The van der Waals surface area contributed by atoms with Gasteiger partial charge in [0.15, 0.2) is 0 Å². The van der Waals surface area contributed by atoms with Crippen LogP contribution in [-0.4, -0.2) is 25.9 Å². The lowest BCUT2D eigenvalue weighted by Crippen LogP contribution is -2.32. The summed E-state index contributed by atoms with van der Waals surface area (Å²) in [6, 6.07) is 0. The smallest absolute Gasteiger partial charge is 0.324 e.